The molecule has 7 nitrogen and oxygen atoms in total. The average Bonchev–Trinajstić information content (AvgIpc) is 3.32. The molecule has 0 aliphatic carbocycles. The van der Waals surface area contributed by atoms with Gasteiger partial charge in [-0.25, -0.2) is 9.59 Å². The number of allylic oxidation sites excluding steroid dienone is 1. The summed E-state index contributed by atoms with van der Waals surface area (Å²) in [6.45, 7) is 8.91. The van der Waals surface area contributed by atoms with Gasteiger partial charge in [-0.3, -0.25) is 0 Å². The van der Waals surface area contributed by atoms with Crippen LogP contribution in [-0.4, -0.2) is 24.7 Å². The maximum Gasteiger partial charge on any atom is 0.491 e. The zero-order chi connectivity index (χ0) is 32.9. The van der Waals surface area contributed by atoms with Gasteiger partial charge in [-0.2, -0.15) is 13.2 Å². The second-order valence-corrected chi connectivity index (χ2v) is 10.9. The van der Waals surface area contributed by atoms with Crippen molar-refractivity contribution in [1.82, 2.24) is 0 Å². The monoisotopic (exact) mass is 625 g/mol. The van der Waals surface area contributed by atoms with Crippen molar-refractivity contribution in [2.24, 2.45) is 5.11 Å². The number of hydrogen-bond acceptors (Lipinski definition) is 5. The number of carbonyl (C=O) groups is 2. The van der Waals surface area contributed by atoms with Crippen molar-refractivity contribution in [1.29, 1.82) is 0 Å². The van der Waals surface area contributed by atoms with E-state index in [1.807, 2.05) is 6.08 Å². The zero-order valence-corrected chi connectivity index (χ0v) is 26.9. The van der Waals surface area contributed by atoms with Gasteiger partial charge in [-0.1, -0.05) is 146 Å². The fraction of sp³-hybridized carbons (Fsp3) is 0.706. The minimum Gasteiger partial charge on any atom is -0.417 e. The van der Waals surface area contributed by atoms with E-state index in [0.29, 0.717) is 6.54 Å². The van der Waals surface area contributed by atoms with Crippen LogP contribution in [0.5, 0.6) is 0 Å². The number of azide groups is 1. The Balaban J connectivity index is 0.000000642. The van der Waals surface area contributed by atoms with E-state index >= 15 is 0 Å². The van der Waals surface area contributed by atoms with E-state index in [-0.39, 0.29) is 11.1 Å². The minimum atomic E-state index is -5.12. The third-order valence-electron chi connectivity index (χ3n) is 7.03. The zero-order valence-electron chi connectivity index (χ0n) is 26.9. The molecular weight excluding hydrogens is 571 g/mol. The summed E-state index contributed by atoms with van der Waals surface area (Å²) in [6, 6.07) is 5.75. The molecule has 1 aliphatic rings. The van der Waals surface area contributed by atoms with Gasteiger partial charge in [-0.05, 0) is 30.9 Å². The van der Waals surface area contributed by atoms with E-state index in [9.17, 15) is 22.8 Å². The standard InChI is InChI=1S/C12H25N3.C12H24.C10H5F3O4/c1-2-3-4-5-6-7-8-9-10-11-12-14-15-13;1-3-5-7-9-11-12-10-8-6-4-2;11-10(12,13)9(15)17-8-6-4-2-1-3-5(6)7(14)16-8/h2-12H2,1H3;3H,1,4-12H2,2H3;1-4,8H. The van der Waals surface area contributed by atoms with E-state index in [0.717, 1.165) is 6.42 Å². The van der Waals surface area contributed by atoms with Gasteiger partial charge >= 0.3 is 18.1 Å². The number of halogens is 3. The molecule has 2 rings (SSSR count). The summed E-state index contributed by atoms with van der Waals surface area (Å²) in [5, 5.41) is 3.52. The molecule has 0 saturated heterocycles. The summed E-state index contributed by atoms with van der Waals surface area (Å²) < 4.78 is 44.5. The molecule has 0 N–H and O–H groups in total. The Bertz CT molecular complexity index is 950. The summed E-state index contributed by atoms with van der Waals surface area (Å²) in [5.41, 5.74) is 8.26. The number of esters is 2. The van der Waals surface area contributed by atoms with Gasteiger partial charge in [0.25, 0.3) is 6.29 Å². The molecule has 0 spiro atoms. The Kier molecular flexibility index (Phi) is 25.7. The van der Waals surface area contributed by atoms with E-state index in [2.05, 4.69) is 39.9 Å². The van der Waals surface area contributed by atoms with Crippen molar-refractivity contribution in [3.05, 3.63) is 58.5 Å². The van der Waals surface area contributed by atoms with Gasteiger partial charge in [0.15, 0.2) is 0 Å². The fourth-order valence-electron chi connectivity index (χ4n) is 4.50. The molecule has 0 radical (unpaired) electrons. The van der Waals surface area contributed by atoms with Crippen molar-refractivity contribution in [2.45, 2.75) is 148 Å². The van der Waals surface area contributed by atoms with Crippen LogP contribution in [0.15, 0.2) is 42.0 Å². The molecule has 1 unspecified atom stereocenters. The summed E-state index contributed by atoms with van der Waals surface area (Å²) in [7, 11) is 0. The molecule has 10 heteroatoms. The van der Waals surface area contributed by atoms with Gasteiger partial charge in [0.05, 0.1) is 5.56 Å². The van der Waals surface area contributed by atoms with Crippen LogP contribution in [0.1, 0.15) is 158 Å². The first-order valence-corrected chi connectivity index (χ1v) is 16.4. The largest absolute Gasteiger partial charge is 0.491 e. The third-order valence-corrected chi connectivity index (χ3v) is 7.03. The summed E-state index contributed by atoms with van der Waals surface area (Å²) in [5.74, 6) is -3.22. The van der Waals surface area contributed by atoms with Crippen molar-refractivity contribution in [2.75, 3.05) is 6.54 Å². The molecule has 1 aliphatic heterocycles. The summed E-state index contributed by atoms with van der Waals surface area (Å²) in [6.07, 6.45) is 21.0. The highest BCUT2D eigenvalue weighted by atomic mass is 19.4. The van der Waals surface area contributed by atoms with Crippen LogP contribution in [-0.2, 0) is 14.3 Å². The molecule has 0 bridgehead atoms. The van der Waals surface area contributed by atoms with Gasteiger partial charge in [0.1, 0.15) is 0 Å². The molecule has 44 heavy (non-hydrogen) atoms. The number of cyclic esters (lactones) is 1. The van der Waals surface area contributed by atoms with Gasteiger partial charge in [0, 0.05) is 17.0 Å². The quantitative estimate of drug-likeness (QED) is 0.0338. The van der Waals surface area contributed by atoms with E-state index in [4.69, 9.17) is 5.53 Å². The SMILES string of the molecule is C=CCCCCCCCCCC.CCCCCCCCCCCCN=[N+]=[N-].O=C1OC(OC(=O)C(F)(F)F)c2ccccc21. The van der Waals surface area contributed by atoms with E-state index < -0.39 is 24.4 Å². The number of rotatable bonds is 21. The lowest BCUT2D eigenvalue weighted by molar-refractivity contribution is -0.219. The Hall–Kier alpha value is -3.00. The Morgan fingerprint density at radius 3 is 1.84 bits per heavy atom. The highest BCUT2D eigenvalue weighted by Crippen LogP contribution is 2.33. The predicted octanol–water partition coefficient (Wildman–Crippen LogP) is 11.9. The Morgan fingerprint density at radius 1 is 0.886 bits per heavy atom. The van der Waals surface area contributed by atoms with Gasteiger partial charge in [0.2, 0.25) is 0 Å². The summed E-state index contributed by atoms with van der Waals surface area (Å²) in [4.78, 5) is 24.5. The van der Waals surface area contributed by atoms with E-state index in [1.54, 1.807) is 0 Å². The lowest BCUT2D eigenvalue weighted by Gasteiger charge is -2.12. The molecule has 1 aromatic carbocycles. The lowest BCUT2D eigenvalue weighted by Crippen LogP contribution is -2.27. The first kappa shape index (κ1) is 41.0. The van der Waals surface area contributed by atoms with Crippen molar-refractivity contribution < 1.29 is 32.2 Å². The minimum absolute atomic E-state index is 0.0903. The molecule has 250 valence electrons. The van der Waals surface area contributed by atoms with Gasteiger partial charge in [-0.15, -0.1) is 6.58 Å². The van der Waals surface area contributed by atoms with Crippen molar-refractivity contribution in [3.63, 3.8) is 0 Å². The normalized spacial score (nSPS) is 13.3. The molecule has 1 heterocycles. The average molecular weight is 626 g/mol. The van der Waals surface area contributed by atoms with Crippen molar-refractivity contribution >= 4 is 11.9 Å². The first-order valence-electron chi connectivity index (χ1n) is 16.4. The molecule has 1 aromatic rings. The molecule has 0 aromatic heterocycles. The highest BCUT2D eigenvalue weighted by molar-refractivity contribution is 5.94. The Morgan fingerprint density at radius 2 is 1.36 bits per heavy atom. The first-order chi connectivity index (χ1) is 21.2. The van der Waals surface area contributed by atoms with Crippen LogP contribution in [0.25, 0.3) is 10.4 Å². The van der Waals surface area contributed by atoms with E-state index in [1.165, 1.54) is 140 Å². The molecule has 0 saturated carbocycles. The van der Waals surface area contributed by atoms with Crippen LogP contribution in [0.3, 0.4) is 0 Å². The molecule has 1 atom stereocenters. The highest BCUT2D eigenvalue weighted by Gasteiger charge is 2.45. The number of nitrogens with zero attached hydrogens (tertiary/aromatic N) is 3. The molecule has 0 amide bonds. The lowest BCUT2D eigenvalue weighted by atomic mass is 10.1. The number of hydrogen-bond donors (Lipinski definition) is 0. The van der Waals surface area contributed by atoms with Crippen LogP contribution in [0, 0.1) is 0 Å². The number of carbonyl (C=O) groups excluding carboxylic acids is 2. The fourth-order valence-corrected chi connectivity index (χ4v) is 4.50. The smallest absolute Gasteiger partial charge is 0.417 e. The molecular formula is C34H54F3N3O4. The molecule has 0 fully saturated rings. The summed E-state index contributed by atoms with van der Waals surface area (Å²) >= 11 is 0. The maximum absolute atomic E-state index is 12.0. The van der Waals surface area contributed by atoms with Crippen LogP contribution < -0.4 is 0 Å². The second-order valence-electron chi connectivity index (χ2n) is 10.9. The van der Waals surface area contributed by atoms with Crippen LogP contribution in [0.4, 0.5) is 13.2 Å². The van der Waals surface area contributed by atoms with Crippen molar-refractivity contribution in [3.8, 4) is 0 Å². The number of ether oxygens (including phenoxy) is 2. The Labute approximate surface area is 262 Å². The number of unbranched alkanes of at least 4 members (excludes halogenated alkanes) is 17. The number of fused-ring (bicyclic) bond motifs is 1. The maximum atomic E-state index is 12.0. The number of benzene rings is 1. The van der Waals surface area contributed by atoms with Crippen LogP contribution >= 0.6 is 0 Å². The number of alkyl halides is 3. The second kappa shape index (κ2) is 27.5. The van der Waals surface area contributed by atoms with Gasteiger partial charge < -0.3 is 9.47 Å². The topological polar surface area (TPSA) is 101 Å². The third kappa shape index (κ3) is 21.7. The van der Waals surface area contributed by atoms with Crippen LogP contribution in [0.2, 0.25) is 0 Å². The predicted molar refractivity (Wildman–Crippen MR) is 170 cm³/mol.